The van der Waals surface area contributed by atoms with E-state index in [1.54, 1.807) is 0 Å². The third-order valence-electron chi connectivity index (χ3n) is 2.02. The molecule has 2 nitrogen and oxygen atoms in total. The fraction of sp³-hybridized carbons (Fsp3) is 0.385. The molecule has 1 aromatic carbocycles. The molecule has 0 radical (unpaired) electrons. The second kappa shape index (κ2) is 5.44. The molecule has 0 amide bonds. The summed E-state index contributed by atoms with van der Waals surface area (Å²) in [5.41, 5.74) is 7.59. The van der Waals surface area contributed by atoms with Crippen LogP contribution in [0.25, 0.3) is 0 Å². The first kappa shape index (κ1) is 11.6. The molecule has 15 heavy (non-hydrogen) atoms. The summed E-state index contributed by atoms with van der Waals surface area (Å²) in [7, 11) is 0. The van der Waals surface area contributed by atoms with E-state index >= 15 is 0 Å². The van der Waals surface area contributed by atoms with Gasteiger partial charge in [-0.15, -0.1) is 6.58 Å². The maximum Gasteiger partial charge on any atom is 0.122 e. The summed E-state index contributed by atoms with van der Waals surface area (Å²) in [4.78, 5) is 0. The van der Waals surface area contributed by atoms with Gasteiger partial charge in [-0.1, -0.05) is 19.9 Å². The van der Waals surface area contributed by atoms with Crippen molar-refractivity contribution in [1.29, 1.82) is 0 Å². The molecule has 0 bridgehead atoms. The Hall–Kier alpha value is -1.44. The van der Waals surface area contributed by atoms with Crippen molar-refractivity contribution in [3.05, 3.63) is 36.4 Å². The molecule has 0 aliphatic rings. The van der Waals surface area contributed by atoms with E-state index in [0.29, 0.717) is 5.92 Å². The van der Waals surface area contributed by atoms with Crippen LogP contribution in [0.5, 0.6) is 5.75 Å². The Morgan fingerprint density at radius 1 is 1.47 bits per heavy atom. The van der Waals surface area contributed by atoms with E-state index in [1.165, 1.54) is 0 Å². The Bertz CT molecular complexity index is 331. The minimum atomic E-state index is 0.527. The summed E-state index contributed by atoms with van der Waals surface area (Å²) < 4.78 is 5.70. The van der Waals surface area contributed by atoms with Crippen molar-refractivity contribution in [2.45, 2.75) is 20.3 Å². The third kappa shape index (κ3) is 3.66. The molecule has 82 valence electrons. The summed E-state index contributed by atoms with van der Waals surface area (Å²) in [6.07, 6.45) is 2.65. The molecule has 0 atom stereocenters. The molecule has 2 heteroatoms. The average molecular weight is 205 g/mol. The topological polar surface area (TPSA) is 35.2 Å². The number of nitrogens with two attached hydrogens (primary N) is 1. The van der Waals surface area contributed by atoms with Crippen molar-refractivity contribution in [2.75, 3.05) is 12.3 Å². The maximum absolute atomic E-state index is 5.72. The van der Waals surface area contributed by atoms with Crippen LogP contribution in [0.4, 0.5) is 5.69 Å². The largest absolute Gasteiger partial charge is 0.493 e. The van der Waals surface area contributed by atoms with Crippen LogP contribution < -0.4 is 10.5 Å². The molecule has 1 rings (SSSR count). The van der Waals surface area contributed by atoms with Crippen molar-refractivity contribution in [1.82, 2.24) is 0 Å². The predicted molar refractivity (Wildman–Crippen MR) is 65.1 cm³/mol. The van der Waals surface area contributed by atoms with Crippen LogP contribution >= 0.6 is 0 Å². The smallest absolute Gasteiger partial charge is 0.122 e. The van der Waals surface area contributed by atoms with Crippen LogP contribution in [0.2, 0.25) is 0 Å². The predicted octanol–water partition coefficient (Wildman–Crippen LogP) is 3.03. The van der Waals surface area contributed by atoms with Crippen LogP contribution in [0.15, 0.2) is 30.9 Å². The fourth-order valence-electron chi connectivity index (χ4n) is 1.31. The molecule has 0 spiro atoms. The fourth-order valence-corrected chi connectivity index (χ4v) is 1.31. The van der Waals surface area contributed by atoms with E-state index in [1.807, 2.05) is 24.3 Å². The number of benzene rings is 1. The normalized spacial score (nSPS) is 10.3. The lowest BCUT2D eigenvalue weighted by atomic mass is 10.1. The van der Waals surface area contributed by atoms with E-state index in [2.05, 4.69) is 20.4 Å². The number of ether oxygens (including phenoxy) is 1. The molecule has 0 saturated heterocycles. The van der Waals surface area contributed by atoms with Gasteiger partial charge in [0.1, 0.15) is 5.75 Å². The Kier molecular flexibility index (Phi) is 4.22. The van der Waals surface area contributed by atoms with Crippen molar-refractivity contribution in [2.24, 2.45) is 5.92 Å². The highest BCUT2D eigenvalue weighted by atomic mass is 16.5. The van der Waals surface area contributed by atoms with Crippen LogP contribution in [0, 0.1) is 5.92 Å². The molecule has 0 saturated carbocycles. The number of hydrogen-bond acceptors (Lipinski definition) is 2. The van der Waals surface area contributed by atoms with Gasteiger partial charge in [0.25, 0.3) is 0 Å². The summed E-state index contributed by atoms with van der Waals surface area (Å²) in [6.45, 7) is 8.71. The van der Waals surface area contributed by atoms with Gasteiger partial charge >= 0.3 is 0 Å². The Balaban J connectivity index is 2.80. The molecule has 0 aromatic heterocycles. The lowest BCUT2D eigenvalue weighted by Crippen LogP contribution is -2.06. The Labute approximate surface area is 91.7 Å². The van der Waals surface area contributed by atoms with Gasteiger partial charge in [0.15, 0.2) is 0 Å². The average Bonchev–Trinajstić information content (AvgIpc) is 2.17. The number of allylic oxidation sites excluding steroid dienone is 1. The van der Waals surface area contributed by atoms with Gasteiger partial charge in [0.05, 0.1) is 6.61 Å². The van der Waals surface area contributed by atoms with Gasteiger partial charge in [-0.2, -0.15) is 0 Å². The molecular formula is C13H19NO. The summed E-state index contributed by atoms with van der Waals surface area (Å²) in [6, 6.07) is 5.73. The SMILES string of the molecule is C=CCc1cc(N)ccc1OCC(C)C. The van der Waals surface area contributed by atoms with E-state index in [4.69, 9.17) is 10.5 Å². The minimum Gasteiger partial charge on any atom is -0.493 e. The quantitative estimate of drug-likeness (QED) is 0.592. The Morgan fingerprint density at radius 2 is 2.20 bits per heavy atom. The number of rotatable bonds is 5. The van der Waals surface area contributed by atoms with E-state index < -0.39 is 0 Å². The molecule has 0 heterocycles. The molecule has 0 fully saturated rings. The van der Waals surface area contributed by atoms with Crippen molar-refractivity contribution >= 4 is 5.69 Å². The molecule has 0 aliphatic heterocycles. The van der Waals surface area contributed by atoms with Crippen LogP contribution in [-0.2, 0) is 6.42 Å². The lowest BCUT2D eigenvalue weighted by Gasteiger charge is -2.12. The summed E-state index contributed by atoms with van der Waals surface area (Å²) in [5.74, 6) is 1.44. The van der Waals surface area contributed by atoms with Gasteiger partial charge in [-0.25, -0.2) is 0 Å². The van der Waals surface area contributed by atoms with E-state index in [0.717, 1.165) is 30.0 Å². The number of hydrogen-bond donors (Lipinski definition) is 1. The lowest BCUT2D eigenvalue weighted by molar-refractivity contribution is 0.269. The first-order valence-electron chi connectivity index (χ1n) is 5.25. The zero-order valence-electron chi connectivity index (χ0n) is 9.49. The molecule has 0 aliphatic carbocycles. The maximum atomic E-state index is 5.72. The second-order valence-corrected chi connectivity index (χ2v) is 4.06. The van der Waals surface area contributed by atoms with Crippen molar-refractivity contribution in [3.8, 4) is 5.75 Å². The molecule has 1 aromatic rings. The zero-order chi connectivity index (χ0) is 11.3. The number of nitrogen functional groups attached to an aromatic ring is 1. The van der Waals surface area contributed by atoms with E-state index in [9.17, 15) is 0 Å². The molecule has 2 N–H and O–H groups in total. The van der Waals surface area contributed by atoms with Crippen LogP contribution in [0.3, 0.4) is 0 Å². The Morgan fingerprint density at radius 3 is 2.80 bits per heavy atom. The van der Waals surface area contributed by atoms with Gasteiger partial charge in [0, 0.05) is 5.69 Å². The molecule has 0 unspecified atom stereocenters. The van der Waals surface area contributed by atoms with Crippen LogP contribution in [-0.4, -0.2) is 6.61 Å². The third-order valence-corrected chi connectivity index (χ3v) is 2.02. The van der Waals surface area contributed by atoms with Gasteiger partial charge < -0.3 is 10.5 Å². The highest BCUT2D eigenvalue weighted by Gasteiger charge is 2.03. The van der Waals surface area contributed by atoms with Crippen molar-refractivity contribution < 1.29 is 4.74 Å². The van der Waals surface area contributed by atoms with E-state index in [-0.39, 0.29) is 0 Å². The first-order chi connectivity index (χ1) is 7.13. The van der Waals surface area contributed by atoms with Gasteiger partial charge in [-0.05, 0) is 36.1 Å². The van der Waals surface area contributed by atoms with Gasteiger partial charge in [0.2, 0.25) is 0 Å². The number of anilines is 1. The highest BCUT2D eigenvalue weighted by molar-refractivity contribution is 5.48. The highest BCUT2D eigenvalue weighted by Crippen LogP contribution is 2.22. The monoisotopic (exact) mass is 205 g/mol. The second-order valence-electron chi connectivity index (χ2n) is 4.06. The van der Waals surface area contributed by atoms with Gasteiger partial charge in [-0.3, -0.25) is 0 Å². The standard InChI is InChI=1S/C13H19NO/c1-4-5-11-8-12(14)6-7-13(11)15-9-10(2)3/h4,6-8,10H,1,5,9,14H2,2-3H3. The minimum absolute atomic E-state index is 0.527. The van der Waals surface area contributed by atoms with Crippen molar-refractivity contribution in [3.63, 3.8) is 0 Å². The molecular weight excluding hydrogens is 186 g/mol. The first-order valence-corrected chi connectivity index (χ1v) is 5.25. The summed E-state index contributed by atoms with van der Waals surface area (Å²) in [5, 5.41) is 0. The van der Waals surface area contributed by atoms with Crippen LogP contribution in [0.1, 0.15) is 19.4 Å². The summed E-state index contributed by atoms with van der Waals surface area (Å²) >= 11 is 0. The zero-order valence-corrected chi connectivity index (χ0v) is 9.49.